The van der Waals surface area contributed by atoms with Crippen LogP contribution in [0.5, 0.6) is 0 Å². The molecular weight excluding hydrogens is 254 g/mol. The predicted octanol–water partition coefficient (Wildman–Crippen LogP) is 2.47. The first-order chi connectivity index (χ1) is 9.43. The van der Waals surface area contributed by atoms with Crippen molar-refractivity contribution >= 4 is 11.9 Å². The smallest absolute Gasteiger partial charge is 0.310 e. The standard InChI is InChI=1S/C16H27NO3/c1-10(2)13-6-5-11(3)7-14(13)17-9-12(8-15(17)18)16(19)20-4/h10-14H,5-9H2,1-4H3. The van der Waals surface area contributed by atoms with Gasteiger partial charge in [-0.05, 0) is 30.6 Å². The highest BCUT2D eigenvalue weighted by Crippen LogP contribution is 2.38. The minimum absolute atomic E-state index is 0.130. The average Bonchev–Trinajstić information content (AvgIpc) is 2.79. The zero-order valence-electron chi connectivity index (χ0n) is 13.1. The highest BCUT2D eigenvalue weighted by molar-refractivity contribution is 5.87. The van der Waals surface area contributed by atoms with E-state index in [1.165, 1.54) is 20.0 Å². The van der Waals surface area contributed by atoms with Crippen LogP contribution in [0.3, 0.4) is 0 Å². The summed E-state index contributed by atoms with van der Waals surface area (Å²) in [7, 11) is 1.40. The molecule has 0 bridgehead atoms. The number of amides is 1. The number of nitrogens with zero attached hydrogens (tertiary/aromatic N) is 1. The average molecular weight is 281 g/mol. The Hall–Kier alpha value is -1.06. The first-order valence-corrected chi connectivity index (χ1v) is 7.81. The van der Waals surface area contributed by atoms with Crippen molar-refractivity contribution in [1.29, 1.82) is 0 Å². The highest BCUT2D eigenvalue weighted by atomic mass is 16.5. The highest BCUT2D eigenvalue weighted by Gasteiger charge is 2.43. The second-order valence-corrected chi connectivity index (χ2v) is 6.86. The fourth-order valence-electron chi connectivity index (χ4n) is 3.89. The molecule has 4 nitrogen and oxygen atoms in total. The SMILES string of the molecule is COC(=O)C1CC(=O)N(C2CC(C)CCC2C(C)C)C1. The van der Waals surface area contributed by atoms with E-state index < -0.39 is 0 Å². The van der Waals surface area contributed by atoms with E-state index in [9.17, 15) is 9.59 Å². The van der Waals surface area contributed by atoms with Gasteiger partial charge in [0.05, 0.1) is 13.0 Å². The number of ether oxygens (including phenoxy) is 1. The van der Waals surface area contributed by atoms with Gasteiger partial charge in [0.15, 0.2) is 0 Å². The largest absolute Gasteiger partial charge is 0.469 e. The Balaban J connectivity index is 2.11. The van der Waals surface area contributed by atoms with E-state index in [0.29, 0.717) is 36.8 Å². The molecule has 2 rings (SSSR count). The maximum absolute atomic E-state index is 12.3. The number of esters is 1. The second kappa shape index (κ2) is 6.15. The molecule has 4 heteroatoms. The number of carbonyl (C=O) groups is 2. The van der Waals surface area contributed by atoms with Crippen molar-refractivity contribution in [3.05, 3.63) is 0 Å². The number of carbonyl (C=O) groups excluding carboxylic acids is 2. The Labute approximate surface area is 121 Å². The molecule has 2 aliphatic rings. The van der Waals surface area contributed by atoms with Gasteiger partial charge in [-0.15, -0.1) is 0 Å². The summed E-state index contributed by atoms with van der Waals surface area (Å²) in [6.07, 6.45) is 3.84. The summed E-state index contributed by atoms with van der Waals surface area (Å²) in [5.41, 5.74) is 0. The Morgan fingerprint density at radius 2 is 2.05 bits per heavy atom. The first-order valence-electron chi connectivity index (χ1n) is 7.81. The summed E-state index contributed by atoms with van der Waals surface area (Å²) in [5, 5.41) is 0. The molecule has 4 atom stereocenters. The van der Waals surface area contributed by atoms with Crippen LogP contribution in [0.25, 0.3) is 0 Å². The monoisotopic (exact) mass is 281 g/mol. The molecule has 114 valence electrons. The molecule has 20 heavy (non-hydrogen) atoms. The minimum atomic E-state index is -0.266. The van der Waals surface area contributed by atoms with Crippen molar-refractivity contribution < 1.29 is 14.3 Å². The van der Waals surface area contributed by atoms with Crippen molar-refractivity contribution in [3.8, 4) is 0 Å². The molecular formula is C16H27NO3. The van der Waals surface area contributed by atoms with E-state index in [2.05, 4.69) is 20.8 Å². The van der Waals surface area contributed by atoms with Crippen LogP contribution in [-0.4, -0.2) is 36.5 Å². The van der Waals surface area contributed by atoms with Gasteiger partial charge in [-0.25, -0.2) is 0 Å². The fraction of sp³-hybridized carbons (Fsp3) is 0.875. The number of methoxy groups -OCH3 is 1. The van der Waals surface area contributed by atoms with Gasteiger partial charge < -0.3 is 9.64 Å². The van der Waals surface area contributed by atoms with Crippen LogP contribution in [0.4, 0.5) is 0 Å². The van der Waals surface area contributed by atoms with Gasteiger partial charge in [0.1, 0.15) is 0 Å². The van der Waals surface area contributed by atoms with E-state index in [0.717, 1.165) is 6.42 Å². The molecule has 0 radical (unpaired) electrons. The quantitative estimate of drug-likeness (QED) is 0.747. The van der Waals surface area contributed by atoms with E-state index >= 15 is 0 Å². The Morgan fingerprint density at radius 1 is 1.35 bits per heavy atom. The third-order valence-corrected chi connectivity index (χ3v) is 5.08. The third kappa shape index (κ3) is 2.99. The maximum atomic E-state index is 12.3. The predicted molar refractivity (Wildman–Crippen MR) is 77.0 cm³/mol. The molecule has 0 N–H and O–H groups in total. The molecule has 0 aromatic rings. The topological polar surface area (TPSA) is 46.6 Å². The molecule has 2 fully saturated rings. The molecule has 1 saturated heterocycles. The van der Waals surface area contributed by atoms with E-state index in [1.807, 2.05) is 4.90 Å². The summed E-state index contributed by atoms with van der Waals surface area (Å²) >= 11 is 0. The Morgan fingerprint density at radius 3 is 2.65 bits per heavy atom. The van der Waals surface area contributed by atoms with Gasteiger partial charge in [0, 0.05) is 19.0 Å². The van der Waals surface area contributed by atoms with Crippen LogP contribution in [-0.2, 0) is 14.3 Å². The lowest BCUT2D eigenvalue weighted by Gasteiger charge is -2.42. The Bertz CT molecular complexity index is 380. The van der Waals surface area contributed by atoms with Crippen LogP contribution in [0, 0.1) is 23.7 Å². The summed E-state index contributed by atoms with van der Waals surface area (Å²) in [6.45, 7) is 7.30. The number of hydrogen-bond donors (Lipinski definition) is 0. The van der Waals surface area contributed by atoms with Crippen molar-refractivity contribution in [1.82, 2.24) is 4.90 Å². The minimum Gasteiger partial charge on any atom is -0.469 e. The number of rotatable bonds is 3. The number of hydrogen-bond acceptors (Lipinski definition) is 3. The van der Waals surface area contributed by atoms with E-state index in [1.54, 1.807) is 0 Å². The third-order valence-electron chi connectivity index (χ3n) is 5.08. The van der Waals surface area contributed by atoms with Gasteiger partial charge in [-0.2, -0.15) is 0 Å². The molecule has 1 saturated carbocycles. The van der Waals surface area contributed by atoms with Crippen LogP contribution < -0.4 is 0 Å². The molecule has 1 aliphatic heterocycles. The lowest BCUT2D eigenvalue weighted by atomic mass is 9.73. The van der Waals surface area contributed by atoms with Gasteiger partial charge in [-0.1, -0.05) is 27.2 Å². The molecule has 1 aliphatic carbocycles. The summed E-state index contributed by atoms with van der Waals surface area (Å²) in [4.78, 5) is 25.9. The molecule has 0 spiro atoms. The molecule has 1 amide bonds. The van der Waals surface area contributed by atoms with Crippen LogP contribution >= 0.6 is 0 Å². The summed E-state index contributed by atoms with van der Waals surface area (Å²) < 4.78 is 4.80. The fourth-order valence-corrected chi connectivity index (χ4v) is 3.89. The van der Waals surface area contributed by atoms with E-state index in [4.69, 9.17) is 4.74 Å². The van der Waals surface area contributed by atoms with E-state index in [-0.39, 0.29) is 17.8 Å². The zero-order valence-corrected chi connectivity index (χ0v) is 13.1. The van der Waals surface area contributed by atoms with Gasteiger partial charge >= 0.3 is 5.97 Å². The number of likely N-dealkylation sites (tertiary alicyclic amines) is 1. The van der Waals surface area contributed by atoms with Crippen LogP contribution in [0.2, 0.25) is 0 Å². The van der Waals surface area contributed by atoms with Crippen molar-refractivity contribution in [2.45, 2.75) is 52.5 Å². The normalized spacial score (nSPS) is 34.6. The lowest BCUT2D eigenvalue weighted by Crippen LogP contribution is -2.46. The molecule has 1 heterocycles. The second-order valence-electron chi connectivity index (χ2n) is 6.86. The molecule has 0 aromatic carbocycles. The lowest BCUT2D eigenvalue weighted by molar-refractivity contribution is -0.145. The van der Waals surface area contributed by atoms with Crippen LogP contribution in [0.1, 0.15) is 46.5 Å². The zero-order chi connectivity index (χ0) is 14.9. The van der Waals surface area contributed by atoms with Gasteiger partial charge in [0.2, 0.25) is 5.91 Å². The van der Waals surface area contributed by atoms with Crippen molar-refractivity contribution in [2.24, 2.45) is 23.7 Å². The maximum Gasteiger partial charge on any atom is 0.310 e. The molecule has 4 unspecified atom stereocenters. The summed E-state index contributed by atoms with van der Waals surface area (Å²) in [5.74, 6) is 1.43. The van der Waals surface area contributed by atoms with Crippen LogP contribution in [0.15, 0.2) is 0 Å². The molecule has 0 aromatic heterocycles. The van der Waals surface area contributed by atoms with Crippen molar-refractivity contribution in [3.63, 3.8) is 0 Å². The van der Waals surface area contributed by atoms with Gasteiger partial charge in [-0.3, -0.25) is 9.59 Å². The van der Waals surface area contributed by atoms with Crippen molar-refractivity contribution in [2.75, 3.05) is 13.7 Å². The summed E-state index contributed by atoms with van der Waals surface area (Å²) in [6, 6.07) is 0.306. The van der Waals surface area contributed by atoms with Gasteiger partial charge in [0.25, 0.3) is 0 Å². The Kier molecular flexibility index (Phi) is 4.71. The first kappa shape index (κ1) is 15.3.